The fourth-order valence-electron chi connectivity index (χ4n) is 1.86. The van der Waals surface area contributed by atoms with Gasteiger partial charge in [0.2, 0.25) is 0 Å². The van der Waals surface area contributed by atoms with E-state index in [4.69, 9.17) is 0 Å². The lowest BCUT2D eigenvalue weighted by Gasteiger charge is -2.10. The van der Waals surface area contributed by atoms with E-state index in [0.717, 1.165) is 43.4 Å². The highest BCUT2D eigenvalue weighted by Gasteiger charge is 2.02. The summed E-state index contributed by atoms with van der Waals surface area (Å²) in [5.41, 5.74) is 0. The summed E-state index contributed by atoms with van der Waals surface area (Å²) < 4.78 is 0. The fraction of sp³-hybridized carbons (Fsp3) is 0.733. The summed E-state index contributed by atoms with van der Waals surface area (Å²) in [6.07, 6.45) is 7.05. The number of nitrogens with one attached hydrogen (secondary N) is 2. The van der Waals surface area contributed by atoms with Crippen molar-refractivity contribution >= 4 is 11.6 Å². The second-order valence-electron chi connectivity index (χ2n) is 4.82. The Morgan fingerprint density at radius 3 is 2.11 bits per heavy atom. The number of aryl methyl sites for hydroxylation is 1. The summed E-state index contributed by atoms with van der Waals surface area (Å²) >= 11 is 0. The highest BCUT2D eigenvalue weighted by Crippen LogP contribution is 2.12. The molecule has 4 nitrogen and oxygen atoms in total. The lowest BCUT2D eigenvalue weighted by atomic mass is 10.2. The number of anilines is 2. The van der Waals surface area contributed by atoms with Crippen molar-refractivity contribution < 1.29 is 0 Å². The topological polar surface area (TPSA) is 49.8 Å². The van der Waals surface area contributed by atoms with Gasteiger partial charge < -0.3 is 10.6 Å². The van der Waals surface area contributed by atoms with Crippen LogP contribution < -0.4 is 10.6 Å². The van der Waals surface area contributed by atoms with Gasteiger partial charge in [-0.05, 0) is 12.8 Å². The zero-order valence-electron chi connectivity index (χ0n) is 12.6. The van der Waals surface area contributed by atoms with Crippen molar-refractivity contribution in [3.8, 4) is 0 Å². The van der Waals surface area contributed by atoms with Crippen molar-refractivity contribution in [1.29, 1.82) is 0 Å². The Labute approximate surface area is 117 Å². The van der Waals surface area contributed by atoms with Gasteiger partial charge in [-0.25, -0.2) is 9.97 Å². The van der Waals surface area contributed by atoms with Gasteiger partial charge in [-0.1, -0.05) is 40.0 Å². The van der Waals surface area contributed by atoms with Crippen molar-refractivity contribution in [1.82, 2.24) is 9.97 Å². The zero-order chi connectivity index (χ0) is 13.9. The molecular weight excluding hydrogens is 236 g/mol. The Morgan fingerprint density at radius 1 is 0.842 bits per heavy atom. The van der Waals surface area contributed by atoms with Crippen LogP contribution in [0.5, 0.6) is 0 Å². The van der Waals surface area contributed by atoms with E-state index in [-0.39, 0.29) is 0 Å². The van der Waals surface area contributed by atoms with E-state index in [2.05, 4.69) is 41.4 Å². The molecule has 0 saturated carbocycles. The van der Waals surface area contributed by atoms with Gasteiger partial charge in [0.05, 0.1) is 0 Å². The highest BCUT2D eigenvalue weighted by molar-refractivity contribution is 5.47. The molecule has 2 N–H and O–H groups in total. The summed E-state index contributed by atoms with van der Waals surface area (Å²) in [6.45, 7) is 8.42. The van der Waals surface area contributed by atoms with E-state index >= 15 is 0 Å². The number of aromatic nitrogens is 2. The van der Waals surface area contributed by atoms with Crippen molar-refractivity contribution in [3.05, 3.63) is 11.9 Å². The summed E-state index contributed by atoms with van der Waals surface area (Å²) in [4.78, 5) is 9.00. The molecule has 0 aliphatic carbocycles. The van der Waals surface area contributed by atoms with Gasteiger partial charge in [0.15, 0.2) is 0 Å². The normalized spacial score (nSPS) is 10.5. The van der Waals surface area contributed by atoms with Crippen LogP contribution in [0.3, 0.4) is 0 Å². The fourth-order valence-corrected chi connectivity index (χ4v) is 1.86. The third kappa shape index (κ3) is 6.41. The average Bonchev–Trinajstić information content (AvgIpc) is 2.44. The van der Waals surface area contributed by atoms with E-state index in [1.54, 1.807) is 0 Å². The largest absolute Gasteiger partial charge is 0.370 e. The molecule has 19 heavy (non-hydrogen) atoms. The molecule has 0 aliphatic heterocycles. The molecule has 0 saturated heterocycles. The van der Waals surface area contributed by atoms with E-state index in [1.165, 1.54) is 25.7 Å². The van der Waals surface area contributed by atoms with Crippen LogP contribution in [0.15, 0.2) is 6.07 Å². The summed E-state index contributed by atoms with van der Waals surface area (Å²) in [5.74, 6) is 2.78. The molecule has 108 valence electrons. The van der Waals surface area contributed by atoms with Crippen LogP contribution in [-0.2, 0) is 6.42 Å². The Kier molecular flexibility index (Phi) is 7.94. The summed E-state index contributed by atoms with van der Waals surface area (Å²) in [7, 11) is 0. The Bertz CT molecular complexity index is 352. The number of hydrogen-bond acceptors (Lipinski definition) is 4. The summed E-state index contributed by atoms with van der Waals surface area (Å²) in [5, 5.41) is 6.73. The average molecular weight is 264 g/mol. The number of unbranched alkanes of at least 4 members (excludes halogenated alkanes) is 3. The maximum Gasteiger partial charge on any atom is 0.132 e. The molecule has 0 fully saturated rings. The molecule has 1 rings (SSSR count). The minimum Gasteiger partial charge on any atom is -0.370 e. The van der Waals surface area contributed by atoms with Gasteiger partial charge in [-0.3, -0.25) is 0 Å². The van der Waals surface area contributed by atoms with Crippen LogP contribution in [-0.4, -0.2) is 23.1 Å². The van der Waals surface area contributed by atoms with Crippen LogP contribution >= 0.6 is 0 Å². The minimum absolute atomic E-state index is 0.867. The molecule has 0 aliphatic rings. The molecule has 1 aromatic heterocycles. The van der Waals surface area contributed by atoms with E-state index < -0.39 is 0 Å². The van der Waals surface area contributed by atoms with Crippen LogP contribution in [0, 0.1) is 0 Å². The molecule has 0 amide bonds. The van der Waals surface area contributed by atoms with Gasteiger partial charge in [0, 0.05) is 25.6 Å². The van der Waals surface area contributed by atoms with Gasteiger partial charge in [0.1, 0.15) is 17.5 Å². The molecule has 1 aromatic rings. The first-order valence-electron chi connectivity index (χ1n) is 7.65. The molecule has 0 radical (unpaired) electrons. The van der Waals surface area contributed by atoms with Gasteiger partial charge in [-0.15, -0.1) is 0 Å². The van der Waals surface area contributed by atoms with Crippen molar-refractivity contribution in [2.45, 2.75) is 59.3 Å². The lowest BCUT2D eigenvalue weighted by Crippen LogP contribution is -2.09. The van der Waals surface area contributed by atoms with E-state index in [1.807, 2.05) is 6.07 Å². The maximum absolute atomic E-state index is 4.52. The molecule has 0 bridgehead atoms. The first-order chi connectivity index (χ1) is 9.30. The standard InChI is InChI=1S/C15H28N4/c1-4-7-8-9-11-17-15-12-14(16-10-5-2)18-13(6-3)19-15/h12H,4-11H2,1-3H3,(H2,16,17,18,19). The SMILES string of the molecule is CCCCCCNc1cc(NCCC)nc(CC)n1. The third-order valence-corrected chi connectivity index (χ3v) is 2.98. The Morgan fingerprint density at radius 2 is 1.53 bits per heavy atom. The first-order valence-corrected chi connectivity index (χ1v) is 7.65. The van der Waals surface area contributed by atoms with Crippen LogP contribution in [0.4, 0.5) is 11.6 Å². The molecule has 0 spiro atoms. The van der Waals surface area contributed by atoms with E-state index in [0.29, 0.717) is 0 Å². The summed E-state index contributed by atoms with van der Waals surface area (Å²) in [6, 6.07) is 2.01. The van der Waals surface area contributed by atoms with Gasteiger partial charge in [0.25, 0.3) is 0 Å². The number of nitrogens with zero attached hydrogens (tertiary/aromatic N) is 2. The predicted molar refractivity (Wildman–Crippen MR) is 82.8 cm³/mol. The molecule has 0 aromatic carbocycles. The molecule has 0 atom stereocenters. The van der Waals surface area contributed by atoms with Crippen LogP contribution in [0.2, 0.25) is 0 Å². The van der Waals surface area contributed by atoms with Crippen molar-refractivity contribution in [2.24, 2.45) is 0 Å². The number of rotatable bonds is 10. The Balaban J connectivity index is 2.50. The monoisotopic (exact) mass is 264 g/mol. The highest BCUT2D eigenvalue weighted by atomic mass is 15.1. The quantitative estimate of drug-likeness (QED) is 0.630. The molecule has 0 unspecified atom stereocenters. The second kappa shape index (κ2) is 9.59. The molecular formula is C15H28N4. The molecule has 1 heterocycles. The maximum atomic E-state index is 4.52. The van der Waals surface area contributed by atoms with Gasteiger partial charge >= 0.3 is 0 Å². The van der Waals surface area contributed by atoms with Crippen LogP contribution in [0.1, 0.15) is 58.7 Å². The lowest BCUT2D eigenvalue weighted by molar-refractivity contribution is 0.684. The predicted octanol–water partition coefficient (Wildman–Crippen LogP) is 3.85. The Hall–Kier alpha value is -1.32. The second-order valence-corrected chi connectivity index (χ2v) is 4.82. The first kappa shape index (κ1) is 15.7. The third-order valence-electron chi connectivity index (χ3n) is 2.98. The number of hydrogen-bond donors (Lipinski definition) is 2. The van der Waals surface area contributed by atoms with E-state index in [9.17, 15) is 0 Å². The van der Waals surface area contributed by atoms with Gasteiger partial charge in [-0.2, -0.15) is 0 Å². The molecule has 4 heteroatoms. The minimum atomic E-state index is 0.867. The zero-order valence-corrected chi connectivity index (χ0v) is 12.6. The van der Waals surface area contributed by atoms with Crippen LogP contribution in [0.25, 0.3) is 0 Å². The smallest absolute Gasteiger partial charge is 0.132 e. The van der Waals surface area contributed by atoms with Crippen molar-refractivity contribution in [3.63, 3.8) is 0 Å². The van der Waals surface area contributed by atoms with Crippen molar-refractivity contribution in [2.75, 3.05) is 23.7 Å².